The topological polar surface area (TPSA) is 48.4 Å². The third kappa shape index (κ3) is 4.62. The van der Waals surface area contributed by atoms with E-state index in [1.54, 1.807) is 12.4 Å². The van der Waals surface area contributed by atoms with Crippen molar-refractivity contribution in [1.82, 2.24) is 19.9 Å². The Balaban J connectivity index is 0.00000243. The van der Waals surface area contributed by atoms with Crippen molar-refractivity contribution >= 4 is 24.0 Å². The van der Waals surface area contributed by atoms with Crippen LogP contribution < -0.4 is 9.80 Å². The van der Waals surface area contributed by atoms with Crippen molar-refractivity contribution in [2.75, 3.05) is 56.1 Å². The molecule has 0 amide bonds. The second-order valence-electron chi connectivity index (χ2n) is 6.45. The molecule has 7 heteroatoms. The lowest BCUT2D eigenvalue weighted by atomic mass is 10.2. The minimum atomic E-state index is 0. The molecule has 1 fully saturated rings. The zero-order valence-electron chi connectivity index (χ0n) is 15.9. The zero-order chi connectivity index (χ0) is 17.6. The zero-order valence-corrected chi connectivity index (χ0v) is 16.7. The molecule has 1 aliphatic rings. The highest BCUT2D eigenvalue weighted by Gasteiger charge is 2.21. The van der Waals surface area contributed by atoms with Gasteiger partial charge in [0, 0.05) is 50.7 Å². The number of anilines is 2. The molecule has 142 valence electrons. The lowest BCUT2D eigenvalue weighted by molar-refractivity contribution is 0.360. The molecular formula is C19H29ClN6. The molecule has 0 radical (unpaired) electrons. The summed E-state index contributed by atoms with van der Waals surface area (Å²) in [5.74, 6) is 2.00. The molecule has 1 saturated heterocycles. The van der Waals surface area contributed by atoms with E-state index < -0.39 is 0 Å². The number of aromatic nitrogens is 3. The van der Waals surface area contributed by atoms with E-state index in [9.17, 15) is 0 Å². The van der Waals surface area contributed by atoms with E-state index in [2.05, 4.69) is 40.6 Å². The van der Waals surface area contributed by atoms with Gasteiger partial charge in [-0.3, -0.25) is 4.98 Å². The fraction of sp³-hybridized carbons (Fsp3) is 0.526. The first-order chi connectivity index (χ1) is 12.2. The smallest absolute Gasteiger partial charge is 0.172 e. The Morgan fingerprint density at radius 3 is 2.46 bits per heavy atom. The third-order valence-electron chi connectivity index (χ3n) is 4.79. The summed E-state index contributed by atoms with van der Waals surface area (Å²) in [5.41, 5.74) is 1.97. The van der Waals surface area contributed by atoms with Gasteiger partial charge in [0.1, 0.15) is 0 Å². The fourth-order valence-corrected chi connectivity index (χ4v) is 3.25. The minimum Gasteiger partial charge on any atom is -0.354 e. The van der Waals surface area contributed by atoms with Crippen molar-refractivity contribution in [2.24, 2.45) is 0 Å². The summed E-state index contributed by atoms with van der Waals surface area (Å²) < 4.78 is 0. The monoisotopic (exact) mass is 376 g/mol. The van der Waals surface area contributed by atoms with Crippen LogP contribution >= 0.6 is 12.4 Å². The molecule has 2 aromatic heterocycles. The van der Waals surface area contributed by atoms with Crippen molar-refractivity contribution in [3.05, 3.63) is 30.7 Å². The van der Waals surface area contributed by atoms with Gasteiger partial charge in [0.2, 0.25) is 0 Å². The van der Waals surface area contributed by atoms with E-state index in [-0.39, 0.29) is 12.4 Å². The molecule has 3 heterocycles. The van der Waals surface area contributed by atoms with Gasteiger partial charge in [0.25, 0.3) is 0 Å². The molecule has 0 N–H and O–H groups in total. The van der Waals surface area contributed by atoms with Crippen LogP contribution in [0.5, 0.6) is 0 Å². The van der Waals surface area contributed by atoms with E-state index in [0.29, 0.717) is 0 Å². The molecule has 6 nitrogen and oxygen atoms in total. The molecule has 0 spiro atoms. The van der Waals surface area contributed by atoms with E-state index in [0.717, 1.165) is 68.6 Å². The molecule has 3 rings (SSSR count). The standard InChI is InChI=1S/C19H28N6.ClH/c1-4-24(5-2)18-19(25-12-6-11-23(3)13-14-25)22-17(15-21-18)16-7-9-20-10-8-16;/h7-10,15H,4-6,11-14H2,1-3H3;1H. The molecule has 0 aliphatic carbocycles. The van der Waals surface area contributed by atoms with Gasteiger partial charge in [0.15, 0.2) is 11.6 Å². The van der Waals surface area contributed by atoms with Crippen LogP contribution in [0.2, 0.25) is 0 Å². The van der Waals surface area contributed by atoms with Crippen molar-refractivity contribution in [1.29, 1.82) is 0 Å². The number of hydrogen-bond donors (Lipinski definition) is 0. The Kier molecular flexibility index (Phi) is 7.60. The maximum absolute atomic E-state index is 5.03. The fourth-order valence-electron chi connectivity index (χ4n) is 3.25. The van der Waals surface area contributed by atoms with Gasteiger partial charge < -0.3 is 14.7 Å². The van der Waals surface area contributed by atoms with Crippen LogP contribution in [-0.2, 0) is 0 Å². The number of pyridine rings is 1. The highest BCUT2D eigenvalue weighted by atomic mass is 35.5. The van der Waals surface area contributed by atoms with Crippen molar-refractivity contribution < 1.29 is 0 Å². The summed E-state index contributed by atoms with van der Waals surface area (Å²) in [6.45, 7) is 10.4. The quantitative estimate of drug-likeness (QED) is 0.799. The van der Waals surface area contributed by atoms with Crippen molar-refractivity contribution in [2.45, 2.75) is 20.3 Å². The van der Waals surface area contributed by atoms with Crippen LogP contribution in [0.3, 0.4) is 0 Å². The van der Waals surface area contributed by atoms with Gasteiger partial charge in [-0.05, 0) is 46.0 Å². The molecule has 0 saturated carbocycles. The molecular weight excluding hydrogens is 348 g/mol. The maximum atomic E-state index is 5.03. The highest BCUT2D eigenvalue weighted by molar-refractivity contribution is 5.85. The van der Waals surface area contributed by atoms with Gasteiger partial charge in [-0.15, -0.1) is 12.4 Å². The Morgan fingerprint density at radius 2 is 1.77 bits per heavy atom. The number of rotatable bonds is 5. The number of likely N-dealkylation sites (N-methyl/N-ethyl adjacent to an activating group) is 1. The summed E-state index contributed by atoms with van der Waals surface area (Å²) in [4.78, 5) is 21.0. The van der Waals surface area contributed by atoms with Crippen molar-refractivity contribution in [3.63, 3.8) is 0 Å². The molecule has 2 aromatic rings. The normalized spacial score (nSPS) is 15.3. The first kappa shape index (κ1) is 20.4. The molecule has 0 bridgehead atoms. The van der Waals surface area contributed by atoms with Gasteiger partial charge in [-0.2, -0.15) is 0 Å². The Morgan fingerprint density at radius 1 is 1.04 bits per heavy atom. The first-order valence-electron chi connectivity index (χ1n) is 9.18. The van der Waals surface area contributed by atoms with Crippen LogP contribution in [0, 0.1) is 0 Å². The van der Waals surface area contributed by atoms with Crippen LogP contribution in [0.1, 0.15) is 20.3 Å². The summed E-state index contributed by atoms with van der Waals surface area (Å²) in [6, 6.07) is 3.97. The molecule has 0 atom stereocenters. The van der Waals surface area contributed by atoms with Gasteiger partial charge in [0.05, 0.1) is 11.9 Å². The van der Waals surface area contributed by atoms with Crippen LogP contribution in [0.15, 0.2) is 30.7 Å². The number of halogens is 1. The largest absolute Gasteiger partial charge is 0.354 e. The predicted molar refractivity (Wildman–Crippen MR) is 110 cm³/mol. The van der Waals surface area contributed by atoms with E-state index in [1.807, 2.05) is 18.3 Å². The average Bonchev–Trinajstić information content (AvgIpc) is 2.88. The predicted octanol–water partition coefficient (Wildman–Crippen LogP) is 2.95. The summed E-state index contributed by atoms with van der Waals surface area (Å²) in [7, 11) is 2.19. The van der Waals surface area contributed by atoms with E-state index >= 15 is 0 Å². The molecule has 0 aromatic carbocycles. The number of hydrogen-bond acceptors (Lipinski definition) is 6. The number of nitrogens with zero attached hydrogens (tertiary/aromatic N) is 6. The highest BCUT2D eigenvalue weighted by Crippen LogP contribution is 2.29. The summed E-state index contributed by atoms with van der Waals surface area (Å²) in [5, 5.41) is 0. The maximum Gasteiger partial charge on any atom is 0.172 e. The Labute approximate surface area is 162 Å². The average molecular weight is 377 g/mol. The van der Waals surface area contributed by atoms with Crippen molar-refractivity contribution in [3.8, 4) is 11.3 Å². The minimum absolute atomic E-state index is 0. The SMILES string of the molecule is CCN(CC)c1ncc(-c2ccncc2)nc1N1CCCN(C)CC1.Cl. The second kappa shape index (κ2) is 9.69. The Bertz CT molecular complexity index is 677. The first-order valence-corrected chi connectivity index (χ1v) is 9.18. The molecule has 0 unspecified atom stereocenters. The summed E-state index contributed by atoms with van der Waals surface area (Å²) in [6.07, 6.45) is 6.64. The van der Waals surface area contributed by atoms with Crippen LogP contribution in [-0.4, -0.2) is 66.2 Å². The third-order valence-corrected chi connectivity index (χ3v) is 4.79. The van der Waals surface area contributed by atoms with Gasteiger partial charge in [-0.1, -0.05) is 0 Å². The lowest BCUT2D eigenvalue weighted by Crippen LogP contribution is -2.33. The van der Waals surface area contributed by atoms with E-state index in [4.69, 9.17) is 9.97 Å². The van der Waals surface area contributed by atoms with Gasteiger partial charge in [-0.25, -0.2) is 9.97 Å². The lowest BCUT2D eigenvalue weighted by Gasteiger charge is -2.29. The van der Waals surface area contributed by atoms with Crippen LogP contribution in [0.25, 0.3) is 11.3 Å². The van der Waals surface area contributed by atoms with E-state index in [1.165, 1.54) is 0 Å². The molecule has 26 heavy (non-hydrogen) atoms. The molecule has 1 aliphatic heterocycles. The Hall–Kier alpha value is -1.92. The van der Waals surface area contributed by atoms with Gasteiger partial charge >= 0.3 is 0 Å². The second-order valence-corrected chi connectivity index (χ2v) is 6.45. The summed E-state index contributed by atoms with van der Waals surface area (Å²) >= 11 is 0. The van der Waals surface area contributed by atoms with Crippen LogP contribution in [0.4, 0.5) is 11.6 Å².